The Bertz CT molecular complexity index is 1070. The zero-order chi connectivity index (χ0) is 22.4. The third kappa shape index (κ3) is 5.99. The van der Waals surface area contributed by atoms with Crippen LogP contribution < -0.4 is 20.1 Å². The second kappa shape index (κ2) is 10.3. The first-order valence-electron chi connectivity index (χ1n) is 9.42. The summed E-state index contributed by atoms with van der Waals surface area (Å²) in [6.07, 6.45) is 0. The lowest BCUT2D eigenvalue weighted by molar-refractivity contribution is -0.115. The molecule has 0 radical (unpaired) electrons. The van der Waals surface area contributed by atoms with Crippen LogP contribution in [0.5, 0.6) is 11.5 Å². The van der Waals surface area contributed by atoms with E-state index in [-0.39, 0.29) is 17.1 Å². The van der Waals surface area contributed by atoms with Crippen LogP contribution in [0.25, 0.3) is 0 Å². The normalized spacial score (nSPS) is 11.5. The Kier molecular flexibility index (Phi) is 7.54. The molecular weight excluding hydrogens is 434 g/mol. The number of anilines is 2. The van der Waals surface area contributed by atoms with Crippen molar-refractivity contribution in [3.63, 3.8) is 0 Å². The molecule has 1 atom stereocenters. The number of amides is 2. The molecule has 7 nitrogen and oxygen atoms in total. The third-order valence-corrected chi connectivity index (χ3v) is 6.28. The van der Waals surface area contributed by atoms with Crippen molar-refractivity contribution in [1.82, 2.24) is 4.98 Å². The van der Waals surface area contributed by atoms with Crippen LogP contribution in [0.1, 0.15) is 23.0 Å². The first-order valence-corrected chi connectivity index (χ1v) is 11.2. The van der Waals surface area contributed by atoms with Gasteiger partial charge in [0, 0.05) is 21.5 Å². The van der Waals surface area contributed by atoms with E-state index in [1.54, 1.807) is 37.4 Å². The Labute approximate surface area is 189 Å². The van der Waals surface area contributed by atoms with Gasteiger partial charge in [0.2, 0.25) is 5.91 Å². The van der Waals surface area contributed by atoms with Gasteiger partial charge in [0.25, 0.3) is 5.91 Å². The molecule has 2 N–H and O–H groups in total. The highest BCUT2D eigenvalue weighted by Gasteiger charge is 2.16. The van der Waals surface area contributed by atoms with Gasteiger partial charge >= 0.3 is 0 Å². The number of aryl methyl sites for hydroxylation is 1. The average Bonchev–Trinajstić information content (AvgIpc) is 3.18. The summed E-state index contributed by atoms with van der Waals surface area (Å²) < 4.78 is 10.4. The molecule has 1 aromatic heterocycles. The Morgan fingerprint density at radius 3 is 2.35 bits per heavy atom. The molecule has 2 amide bonds. The van der Waals surface area contributed by atoms with E-state index in [1.165, 1.54) is 30.2 Å². The van der Waals surface area contributed by atoms with Gasteiger partial charge in [-0.15, -0.1) is 23.1 Å². The van der Waals surface area contributed by atoms with Gasteiger partial charge in [-0.3, -0.25) is 9.59 Å². The van der Waals surface area contributed by atoms with Crippen molar-refractivity contribution < 1.29 is 19.1 Å². The molecule has 1 unspecified atom stereocenters. The van der Waals surface area contributed by atoms with Crippen molar-refractivity contribution in [2.75, 3.05) is 24.9 Å². The van der Waals surface area contributed by atoms with E-state index in [2.05, 4.69) is 15.6 Å². The van der Waals surface area contributed by atoms with Gasteiger partial charge in [-0.05, 0) is 56.3 Å². The van der Waals surface area contributed by atoms with Crippen LogP contribution in [0, 0.1) is 6.92 Å². The summed E-state index contributed by atoms with van der Waals surface area (Å²) in [4.78, 5) is 30.1. The van der Waals surface area contributed by atoms with E-state index in [0.29, 0.717) is 27.9 Å². The molecule has 3 aromatic rings. The number of hydrogen-bond acceptors (Lipinski definition) is 7. The van der Waals surface area contributed by atoms with Gasteiger partial charge in [0.05, 0.1) is 25.2 Å². The highest BCUT2D eigenvalue weighted by molar-refractivity contribution is 8.00. The maximum Gasteiger partial charge on any atom is 0.255 e. The Morgan fingerprint density at radius 1 is 1.03 bits per heavy atom. The summed E-state index contributed by atoms with van der Waals surface area (Å²) in [5.41, 5.74) is 1.99. The number of carbonyl (C=O) groups excluding carboxylic acids is 2. The summed E-state index contributed by atoms with van der Waals surface area (Å²) in [6, 6.07) is 12.3. The zero-order valence-electron chi connectivity index (χ0n) is 17.6. The number of aromatic nitrogens is 1. The van der Waals surface area contributed by atoms with E-state index in [1.807, 2.05) is 31.4 Å². The molecule has 1 heterocycles. The molecule has 0 aliphatic carbocycles. The van der Waals surface area contributed by atoms with E-state index < -0.39 is 0 Å². The second-order valence-electron chi connectivity index (χ2n) is 6.59. The van der Waals surface area contributed by atoms with Crippen LogP contribution in [0.15, 0.2) is 52.7 Å². The van der Waals surface area contributed by atoms with E-state index in [9.17, 15) is 9.59 Å². The van der Waals surface area contributed by atoms with E-state index >= 15 is 0 Å². The minimum Gasteiger partial charge on any atom is -0.493 e. The van der Waals surface area contributed by atoms with Gasteiger partial charge < -0.3 is 20.1 Å². The fourth-order valence-corrected chi connectivity index (χ4v) is 4.23. The number of methoxy groups -OCH3 is 2. The molecule has 0 saturated carbocycles. The summed E-state index contributed by atoms with van der Waals surface area (Å²) >= 11 is 2.84. The highest BCUT2D eigenvalue weighted by atomic mass is 32.2. The molecular formula is C22H23N3O4S2. The van der Waals surface area contributed by atoms with Gasteiger partial charge in [-0.25, -0.2) is 4.98 Å². The summed E-state index contributed by atoms with van der Waals surface area (Å²) in [5, 5.41) is 7.88. The standard InChI is InChI=1S/C22H23N3O4S2/c1-13-12-30-22(23-13)25-20(26)14(2)31-17-8-6-16(7-9-17)24-21(27)15-5-10-18(28-3)19(11-15)29-4/h5-12,14H,1-4H3,(H,24,27)(H,23,25,26). The maximum atomic E-state index is 12.5. The highest BCUT2D eigenvalue weighted by Crippen LogP contribution is 2.29. The quantitative estimate of drug-likeness (QED) is 0.471. The monoisotopic (exact) mass is 457 g/mol. The predicted octanol–water partition coefficient (Wildman–Crippen LogP) is 4.84. The van der Waals surface area contributed by atoms with Crippen LogP contribution >= 0.6 is 23.1 Å². The number of hydrogen-bond donors (Lipinski definition) is 2. The number of rotatable bonds is 8. The molecule has 0 fully saturated rings. The molecule has 31 heavy (non-hydrogen) atoms. The Morgan fingerprint density at radius 2 is 1.74 bits per heavy atom. The average molecular weight is 458 g/mol. The SMILES string of the molecule is COc1ccc(C(=O)Nc2ccc(SC(C)C(=O)Nc3nc(C)cs3)cc2)cc1OC. The largest absolute Gasteiger partial charge is 0.493 e. The van der Waals surface area contributed by atoms with Crippen LogP contribution in [-0.2, 0) is 4.79 Å². The smallest absolute Gasteiger partial charge is 0.255 e. The minimum atomic E-state index is -0.295. The van der Waals surface area contributed by atoms with Crippen molar-refractivity contribution in [1.29, 1.82) is 0 Å². The van der Waals surface area contributed by atoms with Crippen molar-refractivity contribution in [2.45, 2.75) is 24.0 Å². The van der Waals surface area contributed by atoms with Crippen LogP contribution in [0.3, 0.4) is 0 Å². The van der Waals surface area contributed by atoms with Crippen LogP contribution in [-0.4, -0.2) is 36.3 Å². The summed E-state index contributed by atoms with van der Waals surface area (Å²) in [7, 11) is 3.07. The van der Waals surface area contributed by atoms with Crippen molar-refractivity contribution >= 4 is 45.7 Å². The minimum absolute atomic E-state index is 0.106. The molecule has 0 bridgehead atoms. The molecule has 0 spiro atoms. The van der Waals surface area contributed by atoms with E-state index in [4.69, 9.17) is 9.47 Å². The first-order chi connectivity index (χ1) is 14.9. The van der Waals surface area contributed by atoms with Crippen LogP contribution in [0.2, 0.25) is 0 Å². The van der Waals surface area contributed by atoms with Gasteiger partial charge in [0.1, 0.15) is 0 Å². The summed E-state index contributed by atoms with van der Waals surface area (Å²) in [5.74, 6) is 0.684. The topological polar surface area (TPSA) is 89.5 Å². The van der Waals surface area contributed by atoms with Crippen molar-refractivity contribution in [2.24, 2.45) is 0 Å². The fraction of sp³-hybridized carbons (Fsp3) is 0.227. The molecule has 0 aliphatic rings. The maximum absolute atomic E-state index is 12.5. The molecule has 0 saturated heterocycles. The van der Waals surface area contributed by atoms with Gasteiger partial charge in [0.15, 0.2) is 16.6 Å². The third-order valence-electron chi connectivity index (χ3n) is 4.29. The zero-order valence-corrected chi connectivity index (χ0v) is 19.2. The molecule has 2 aromatic carbocycles. The number of benzene rings is 2. The van der Waals surface area contributed by atoms with Gasteiger partial charge in [-0.1, -0.05) is 0 Å². The molecule has 162 valence electrons. The number of carbonyl (C=O) groups is 2. The Hall–Kier alpha value is -3.04. The summed E-state index contributed by atoms with van der Waals surface area (Å²) in [6.45, 7) is 3.73. The number of nitrogens with zero attached hydrogens (tertiary/aromatic N) is 1. The lowest BCUT2D eigenvalue weighted by Crippen LogP contribution is -2.22. The first kappa shape index (κ1) is 22.6. The van der Waals surface area contributed by atoms with E-state index in [0.717, 1.165) is 10.6 Å². The van der Waals surface area contributed by atoms with Gasteiger partial charge in [-0.2, -0.15) is 0 Å². The lowest BCUT2D eigenvalue weighted by atomic mass is 10.2. The lowest BCUT2D eigenvalue weighted by Gasteiger charge is -2.12. The number of thioether (sulfide) groups is 1. The second-order valence-corrected chi connectivity index (χ2v) is 8.86. The molecule has 3 rings (SSSR count). The van der Waals surface area contributed by atoms with Crippen molar-refractivity contribution in [3.8, 4) is 11.5 Å². The van der Waals surface area contributed by atoms with Crippen LogP contribution in [0.4, 0.5) is 10.8 Å². The fourth-order valence-electron chi connectivity index (χ4n) is 2.67. The van der Waals surface area contributed by atoms with Crippen molar-refractivity contribution in [3.05, 3.63) is 59.1 Å². The predicted molar refractivity (Wildman–Crippen MR) is 125 cm³/mol. The number of nitrogens with one attached hydrogen (secondary N) is 2. The molecule has 0 aliphatic heterocycles. The Balaban J connectivity index is 1.58. The number of ether oxygens (including phenoxy) is 2. The number of thiazole rings is 1. The molecule has 9 heteroatoms.